The Morgan fingerprint density at radius 2 is 1.75 bits per heavy atom. The molecule has 1 aromatic rings. The van der Waals surface area contributed by atoms with Crippen molar-refractivity contribution in [1.82, 2.24) is 0 Å². The van der Waals surface area contributed by atoms with E-state index < -0.39 is 62.8 Å². The first-order valence-electron chi connectivity index (χ1n) is 4.98. The summed E-state index contributed by atoms with van der Waals surface area (Å²) in [6.45, 7) is -0.597. The first-order chi connectivity index (χ1) is 8.95. The Bertz CT molecular complexity index is 882. The van der Waals surface area contributed by atoms with Gasteiger partial charge in [-0.2, -0.15) is 16.8 Å². The highest BCUT2D eigenvalue weighted by atomic mass is 32.2. The summed E-state index contributed by atoms with van der Waals surface area (Å²) in [4.78, 5) is -2.42. The average molecular weight is 343 g/mol. The Morgan fingerprint density at radius 3 is 2.30 bits per heavy atom. The minimum Gasteiger partial charge on any atom is -0.398 e. The van der Waals surface area contributed by atoms with Crippen LogP contribution in [0.1, 0.15) is 0 Å². The number of sulfone groups is 1. The molecule has 0 unspecified atom stereocenters. The van der Waals surface area contributed by atoms with Crippen LogP contribution in [0.4, 0.5) is 5.69 Å². The zero-order chi connectivity index (χ0) is 15.3. The van der Waals surface area contributed by atoms with E-state index in [1.54, 1.807) is 0 Å². The first-order valence-corrected chi connectivity index (χ1v) is 9.48. The molecular weight excluding hydrogens is 334 g/mol. The molecule has 0 amide bonds. The van der Waals surface area contributed by atoms with Gasteiger partial charge in [-0.05, 0) is 12.1 Å². The van der Waals surface area contributed by atoms with Crippen LogP contribution in [-0.4, -0.2) is 42.2 Å². The molecule has 112 valence electrons. The molecule has 0 bridgehead atoms. The van der Waals surface area contributed by atoms with Crippen LogP contribution in [0, 0.1) is 0 Å². The van der Waals surface area contributed by atoms with Crippen LogP contribution < -0.4 is 5.73 Å². The maximum Gasteiger partial charge on any atom is 0.298 e. The van der Waals surface area contributed by atoms with Gasteiger partial charge in [-0.1, -0.05) is 0 Å². The second-order valence-electron chi connectivity index (χ2n) is 3.91. The Morgan fingerprint density at radius 1 is 1.15 bits per heavy atom. The zero-order valence-electron chi connectivity index (χ0n) is 9.68. The Labute approximate surface area is 115 Å². The van der Waals surface area contributed by atoms with Gasteiger partial charge < -0.3 is 5.73 Å². The summed E-state index contributed by atoms with van der Waals surface area (Å²) >= 11 is 0. The number of anilines is 1. The minimum atomic E-state index is -4.81. The lowest BCUT2D eigenvalue weighted by molar-refractivity contribution is 0.341. The lowest BCUT2D eigenvalue weighted by Crippen LogP contribution is -2.12. The first kappa shape index (κ1) is 15.2. The molecule has 0 spiro atoms. The molecule has 0 fully saturated rings. The largest absolute Gasteiger partial charge is 0.398 e. The Hall–Kier alpha value is -1.21. The third-order valence-corrected chi connectivity index (χ3v) is 6.65. The van der Waals surface area contributed by atoms with E-state index in [1.165, 1.54) is 0 Å². The topological polar surface area (TPSA) is 158 Å². The summed E-state index contributed by atoms with van der Waals surface area (Å²) < 4.78 is 82.9. The Kier molecular flexibility index (Phi) is 3.33. The molecule has 0 radical (unpaired) electrons. The zero-order valence-corrected chi connectivity index (χ0v) is 12.1. The van der Waals surface area contributed by atoms with E-state index in [0.29, 0.717) is 12.1 Å². The third-order valence-electron chi connectivity index (χ3n) is 2.55. The van der Waals surface area contributed by atoms with Crippen LogP contribution in [0.3, 0.4) is 0 Å². The third kappa shape index (κ3) is 2.52. The monoisotopic (exact) mass is 343 g/mol. The number of hydrogen-bond acceptors (Lipinski definition) is 8. The molecule has 0 saturated carbocycles. The van der Waals surface area contributed by atoms with Gasteiger partial charge in [0.2, 0.25) is 0 Å². The van der Waals surface area contributed by atoms with Crippen LogP contribution in [0.2, 0.25) is 0 Å². The minimum absolute atomic E-state index is 0.470. The van der Waals surface area contributed by atoms with E-state index in [-0.39, 0.29) is 0 Å². The van der Waals surface area contributed by atoms with Crippen molar-refractivity contribution in [3.05, 3.63) is 12.1 Å². The van der Waals surface area contributed by atoms with Crippen LogP contribution >= 0.6 is 0 Å². The van der Waals surface area contributed by atoms with E-state index in [9.17, 15) is 25.3 Å². The van der Waals surface area contributed by atoms with E-state index in [1.807, 2.05) is 0 Å². The fourth-order valence-electron chi connectivity index (χ4n) is 1.65. The van der Waals surface area contributed by atoms with Crippen molar-refractivity contribution in [1.29, 1.82) is 0 Å². The van der Waals surface area contributed by atoms with Gasteiger partial charge in [0.25, 0.3) is 20.2 Å². The number of hydrogen-bond donors (Lipinski definition) is 2. The fourth-order valence-corrected chi connectivity index (χ4v) is 5.33. The number of nitrogens with two attached hydrogens (primary N) is 1. The molecule has 1 aromatic carbocycles. The molecule has 0 saturated heterocycles. The molecule has 2 rings (SSSR count). The fraction of sp³-hybridized carbons (Fsp3) is 0.250. The molecule has 0 atom stereocenters. The van der Waals surface area contributed by atoms with Gasteiger partial charge in [0.1, 0.15) is 9.79 Å². The molecule has 12 heteroatoms. The molecule has 9 nitrogen and oxygen atoms in total. The van der Waals surface area contributed by atoms with Crippen molar-refractivity contribution < 1.29 is 34.0 Å². The molecule has 1 heterocycles. The summed E-state index contributed by atoms with van der Waals surface area (Å²) in [6, 6.07) is 1.15. The molecule has 0 aromatic heterocycles. The summed E-state index contributed by atoms with van der Waals surface area (Å²) in [5, 5.41) is 0. The summed E-state index contributed by atoms with van der Waals surface area (Å²) in [7, 11) is -13.3. The van der Waals surface area contributed by atoms with Crippen molar-refractivity contribution in [2.24, 2.45) is 0 Å². The van der Waals surface area contributed by atoms with Crippen LogP contribution in [0.5, 0.6) is 0 Å². The summed E-state index contributed by atoms with van der Waals surface area (Å²) in [6.07, 6.45) is 0. The number of nitrogen functional groups attached to an aromatic ring is 1. The number of benzene rings is 1. The molecule has 1 aliphatic heterocycles. The quantitative estimate of drug-likeness (QED) is 0.371. The van der Waals surface area contributed by atoms with Gasteiger partial charge in [-0.25, -0.2) is 8.42 Å². The highest BCUT2D eigenvalue weighted by Crippen LogP contribution is 2.32. The van der Waals surface area contributed by atoms with Gasteiger partial charge in [0, 0.05) is 0 Å². The van der Waals surface area contributed by atoms with Crippen molar-refractivity contribution in [3.63, 3.8) is 0 Å². The van der Waals surface area contributed by atoms with Crippen LogP contribution in [-0.2, 0) is 34.3 Å². The van der Waals surface area contributed by atoms with Crippen LogP contribution in [0.25, 0.3) is 0 Å². The van der Waals surface area contributed by atoms with E-state index in [4.69, 9.17) is 10.3 Å². The molecular formula is C8H9NO8S3. The molecule has 1 aliphatic rings. The maximum atomic E-state index is 11.9. The average Bonchev–Trinajstić information content (AvgIpc) is 2.33. The van der Waals surface area contributed by atoms with Gasteiger partial charge in [0.15, 0.2) is 9.84 Å². The highest BCUT2D eigenvalue weighted by molar-refractivity contribution is 7.93. The highest BCUT2D eigenvalue weighted by Gasteiger charge is 2.34. The lowest BCUT2D eigenvalue weighted by atomic mass is 10.3. The van der Waals surface area contributed by atoms with Gasteiger partial charge in [-0.15, -0.1) is 0 Å². The van der Waals surface area contributed by atoms with Crippen molar-refractivity contribution in [2.45, 2.75) is 14.7 Å². The predicted octanol–water partition coefficient (Wildman–Crippen LogP) is -0.992. The van der Waals surface area contributed by atoms with Gasteiger partial charge in [-0.3, -0.25) is 8.74 Å². The molecule has 20 heavy (non-hydrogen) atoms. The molecule has 3 N–H and O–H groups in total. The Balaban J connectivity index is 2.96. The maximum absolute atomic E-state index is 11.9. The van der Waals surface area contributed by atoms with Crippen molar-refractivity contribution in [2.75, 3.05) is 18.1 Å². The van der Waals surface area contributed by atoms with Crippen LogP contribution in [0.15, 0.2) is 26.8 Å². The normalized spacial score (nSPS) is 20.9. The van der Waals surface area contributed by atoms with E-state index in [2.05, 4.69) is 4.18 Å². The SMILES string of the molecule is Nc1cc2c(cc1S(=O)(=O)O)S(=O)(=O)OCCS2(=O)=O. The smallest absolute Gasteiger partial charge is 0.298 e. The van der Waals surface area contributed by atoms with E-state index in [0.717, 1.165) is 0 Å². The second-order valence-corrected chi connectivity index (χ2v) is 8.96. The van der Waals surface area contributed by atoms with Crippen molar-refractivity contribution >= 4 is 35.8 Å². The standard InChI is InChI=1S/C8H9NO8S3/c9-5-3-7-8(4-6(5)19(12,13)14)20(15,16)17-1-2-18(7,10)11/h3-4H,1-2,9H2,(H,12,13,14). The lowest BCUT2D eigenvalue weighted by Gasteiger charge is -2.09. The number of rotatable bonds is 1. The number of fused-ring (bicyclic) bond motifs is 1. The van der Waals surface area contributed by atoms with E-state index >= 15 is 0 Å². The van der Waals surface area contributed by atoms with Crippen molar-refractivity contribution in [3.8, 4) is 0 Å². The second kappa shape index (κ2) is 4.39. The summed E-state index contributed by atoms with van der Waals surface area (Å²) in [5.41, 5.74) is 4.78. The molecule has 0 aliphatic carbocycles. The predicted molar refractivity (Wildman–Crippen MR) is 65.9 cm³/mol. The summed E-state index contributed by atoms with van der Waals surface area (Å²) in [5.74, 6) is -0.593. The van der Waals surface area contributed by atoms with Gasteiger partial charge >= 0.3 is 0 Å². The van der Waals surface area contributed by atoms with Gasteiger partial charge in [0.05, 0.1) is 22.9 Å².